The molecule has 1 aliphatic rings. The molecular formula is C25H29N3O2. The molecule has 5 heteroatoms. The minimum atomic E-state index is -0.424. The van der Waals surface area contributed by atoms with Crippen LogP contribution in [-0.2, 0) is 9.59 Å². The first-order valence-electron chi connectivity index (χ1n) is 10.6. The zero-order chi connectivity index (χ0) is 21.3. The molecule has 1 atom stereocenters. The molecule has 0 unspecified atom stereocenters. The van der Waals surface area contributed by atoms with Gasteiger partial charge in [0.2, 0.25) is 11.8 Å². The molecule has 0 saturated carbocycles. The quantitative estimate of drug-likeness (QED) is 0.642. The number of nitrogens with one attached hydrogen (secondary N) is 2. The molecule has 30 heavy (non-hydrogen) atoms. The number of aromatic nitrogens is 1. The summed E-state index contributed by atoms with van der Waals surface area (Å²) in [5, 5.41) is 4.22. The van der Waals surface area contributed by atoms with Gasteiger partial charge in [-0.05, 0) is 37.1 Å². The van der Waals surface area contributed by atoms with Crippen molar-refractivity contribution in [2.75, 3.05) is 18.4 Å². The molecule has 0 bridgehead atoms. The number of carbonyl (C=O) groups is 2. The number of rotatable bonds is 3. The lowest BCUT2D eigenvalue weighted by Crippen LogP contribution is -2.47. The van der Waals surface area contributed by atoms with E-state index < -0.39 is 5.41 Å². The van der Waals surface area contributed by atoms with Crippen LogP contribution in [0.25, 0.3) is 22.2 Å². The van der Waals surface area contributed by atoms with Crippen LogP contribution < -0.4 is 5.32 Å². The van der Waals surface area contributed by atoms with E-state index in [1.54, 1.807) is 0 Å². The highest BCUT2D eigenvalue weighted by Gasteiger charge is 2.33. The topological polar surface area (TPSA) is 65.2 Å². The lowest BCUT2D eigenvalue weighted by Gasteiger charge is -2.35. The molecule has 3 aromatic rings. The van der Waals surface area contributed by atoms with Gasteiger partial charge in [-0.25, -0.2) is 0 Å². The normalized spacial score (nSPS) is 17.2. The smallest absolute Gasteiger partial charge is 0.229 e. The van der Waals surface area contributed by atoms with Crippen molar-refractivity contribution in [2.45, 2.75) is 33.6 Å². The first-order valence-corrected chi connectivity index (χ1v) is 10.6. The highest BCUT2D eigenvalue weighted by Crippen LogP contribution is 2.27. The number of hydrogen-bond donors (Lipinski definition) is 2. The molecule has 2 heterocycles. The number of amides is 2. The number of nitrogens with zero attached hydrogens (tertiary/aromatic N) is 1. The van der Waals surface area contributed by atoms with Crippen LogP contribution in [0.2, 0.25) is 0 Å². The number of fused-ring (bicyclic) bond motifs is 1. The average molecular weight is 404 g/mol. The third kappa shape index (κ3) is 4.25. The Labute approximate surface area is 177 Å². The van der Waals surface area contributed by atoms with Gasteiger partial charge in [-0.3, -0.25) is 9.59 Å². The third-order valence-electron chi connectivity index (χ3n) is 5.69. The van der Waals surface area contributed by atoms with Crippen LogP contribution in [-0.4, -0.2) is 34.8 Å². The van der Waals surface area contributed by atoms with Crippen molar-refractivity contribution in [2.24, 2.45) is 11.3 Å². The highest BCUT2D eigenvalue weighted by atomic mass is 16.2. The van der Waals surface area contributed by atoms with Gasteiger partial charge in [0, 0.05) is 46.4 Å². The first kappa shape index (κ1) is 20.2. The molecule has 2 aromatic carbocycles. The van der Waals surface area contributed by atoms with Crippen LogP contribution in [0.5, 0.6) is 0 Å². The van der Waals surface area contributed by atoms with Crippen molar-refractivity contribution in [1.29, 1.82) is 0 Å². The third-order valence-corrected chi connectivity index (χ3v) is 5.69. The average Bonchev–Trinajstić information content (AvgIpc) is 3.17. The number of benzene rings is 2. The maximum atomic E-state index is 12.9. The number of H-pyrrole nitrogens is 1. The summed E-state index contributed by atoms with van der Waals surface area (Å²) in [6.45, 7) is 7.00. The van der Waals surface area contributed by atoms with Gasteiger partial charge in [0.05, 0.1) is 5.92 Å². The molecule has 2 N–H and O–H groups in total. The van der Waals surface area contributed by atoms with Gasteiger partial charge in [-0.1, -0.05) is 51.1 Å². The lowest BCUT2D eigenvalue weighted by atomic mass is 9.91. The summed E-state index contributed by atoms with van der Waals surface area (Å²) < 4.78 is 0. The second-order valence-electron chi connectivity index (χ2n) is 9.18. The molecule has 2 amide bonds. The van der Waals surface area contributed by atoms with Crippen LogP contribution >= 0.6 is 0 Å². The fourth-order valence-corrected chi connectivity index (χ4v) is 4.09. The van der Waals surface area contributed by atoms with Crippen LogP contribution in [0.3, 0.4) is 0 Å². The second-order valence-corrected chi connectivity index (χ2v) is 9.18. The van der Waals surface area contributed by atoms with Crippen molar-refractivity contribution < 1.29 is 9.59 Å². The monoisotopic (exact) mass is 403 g/mol. The van der Waals surface area contributed by atoms with E-state index in [0.29, 0.717) is 6.54 Å². The summed E-state index contributed by atoms with van der Waals surface area (Å²) in [7, 11) is 0. The van der Waals surface area contributed by atoms with Gasteiger partial charge in [-0.2, -0.15) is 0 Å². The molecule has 4 rings (SSSR count). The Morgan fingerprint density at radius 2 is 1.87 bits per heavy atom. The van der Waals surface area contributed by atoms with Gasteiger partial charge >= 0.3 is 0 Å². The summed E-state index contributed by atoms with van der Waals surface area (Å²) in [6, 6.07) is 18.2. The van der Waals surface area contributed by atoms with Gasteiger partial charge < -0.3 is 15.2 Å². The Morgan fingerprint density at radius 3 is 2.63 bits per heavy atom. The summed E-state index contributed by atoms with van der Waals surface area (Å²) >= 11 is 0. The SMILES string of the molecule is CC(C)(C)C(=O)N1CCC[C@H](C(=O)Nc2cccc(-c3cc4ccccc4[nH]3)c2)C1. The molecule has 0 radical (unpaired) electrons. The van der Waals surface area contributed by atoms with E-state index in [9.17, 15) is 9.59 Å². The summed E-state index contributed by atoms with van der Waals surface area (Å²) in [5.74, 6) is -0.0854. The van der Waals surface area contributed by atoms with Crippen LogP contribution in [0, 0.1) is 11.3 Å². The van der Waals surface area contributed by atoms with E-state index in [4.69, 9.17) is 0 Å². The number of para-hydroxylation sites is 1. The summed E-state index contributed by atoms with van der Waals surface area (Å²) in [6.07, 6.45) is 1.66. The van der Waals surface area contributed by atoms with Crippen molar-refractivity contribution in [3.63, 3.8) is 0 Å². The molecule has 1 saturated heterocycles. The van der Waals surface area contributed by atoms with Crippen molar-refractivity contribution in [1.82, 2.24) is 9.88 Å². The predicted molar refractivity (Wildman–Crippen MR) is 121 cm³/mol. The molecule has 0 spiro atoms. The Bertz CT molecular complexity index is 1040. The Morgan fingerprint density at radius 1 is 1.07 bits per heavy atom. The van der Waals surface area contributed by atoms with Crippen LogP contribution in [0.4, 0.5) is 5.69 Å². The van der Waals surface area contributed by atoms with Crippen molar-refractivity contribution in [3.8, 4) is 11.3 Å². The summed E-state index contributed by atoms with van der Waals surface area (Å²) in [5.41, 5.74) is 3.49. The molecular weight excluding hydrogens is 374 g/mol. The van der Waals surface area contributed by atoms with Gasteiger partial charge in [-0.15, -0.1) is 0 Å². The van der Waals surface area contributed by atoms with E-state index in [0.717, 1.165) is 47.2 Å². The van der Waals surface area contributed by atoms with Crippen LogP contribution in [0.1, 0.15) is 33.6 Å². The summed E-state index contributed by atoms with van der Waals surface area (Å²) in [4.78, 5) is 30.8. The zero-order valence-corrected chi connectivity index (χ0v) is 17.9. The predicted octanol–water partition coefficient (Wildman–Crippen LogP) is 5.06. The minimum absolute atomic E-state index is 0.0183. The molecule has 1 aromatic heterocycles. The van der Waals surface area contributed by atoms with Crippen molar-refractivity contribution >= 4 is 28.4 Å². The number of aromatic amines is 1. The van der Waals surface area contributed by atoms with Gasteiger partial charge in [0.1, 0.15) is 0 Å². The number of carbonyl (C=O) groups excluding carboxylic acids is 2. The number of piperidine rings is 1. The molecule has 1 fully saturated rings. The van der Waals surface area contributed by atoms with E-state index in [2.05, 4.69) is 28.5 Å². The Kier molecular flexibility index (Phi) is 5.37. The van der Waals surface area contributed by atoms with E-state index in [1.807, 2.05) is 62.1 Å². The largest absolute Gasteiger partial charge is 0.355 e. The fourth-order valence-electron chi connectivity index (χ4n) is 4.09. The van der Waals surface area contributed by atoms with E-state index in [1.165, 1.54) is 0 Å². The number of hydrogen-bond acceptors (Lipinski definition) is 2. The first-order chi connectivity index (χ1) is 14.3. The van der Waals surface area contributed by atoms with Gasteiger partial charge in [0.15, 0.2) is 0 Å². The molecule has 0 aliphatic carbocycles. The zero-order valence-electron chi connectivity index (χ0n) is 17.9. The Balaban J connectivity index is 1.47. The standard InChI is InChI=1S/C25H29N3O2/c1-25(2,3)24(30)28-13-7-10-19(16-28)23(29)26-20-11-6-9-17(14-20)22-15-18-8-4-5-12-21(18)27-22/h4-6,8-9,11-12,14-15,19,27H,7,10,13,16H2,1-3H3,(H,26,29)/t19-/m0/s1. The second kappa shape index (κ2) is 7.98. The number of anilines is 1. The molecule has 5 nitrogen and oxygen atoms in total. The fraction of sp³-hybridized carbons (Fsp3) is 0.360. The van der Waals surface area contributed by atoms with E-state index in [-0.39, 0.29) is 17.7 Å². The van der Waals surface area contributed by atoms with Crippen LogP contribution in [0.15, 0.2) is 54.6 Å². The molecule has 156 valence electrons. The maximum Gasteiger partial charge on any atom is 0.229 e. The lowest BCUT2D eigenvalue weighted by molar-refractivity contribution is -0.142. The minimum Gasteiger partial charge on any atom is -0.355 e. The van der Waals surface area contributed by atoms with E-state index >= 15 is 0 Å². The van der Waals surface area contributed by atoms with Gasteiger partial charge in [0.25, 0.3) is 0 Å². The molecule has 1 aliphatic heterocycles. The highest BCUT2D eigenvalue weighted by molar-refractivity contribution is 5.94. The van der Waals surface area contributed by atoms with Crippen molar-refractivity contribution in [3.05, 3.63) is 54.6 Å². The number of likely N-dealkylation sites (tertiary alicyclic amines) is 1. The maximum absolute atomic E-state index is 12.9. The Hall–Kier alpha value is -3.08.